The third-order valence-corrected chi connectivity index (χ3v) is 3.30. The second-order valence-electron chi connectivity index (χ2n) is 4.76. The van der Waals surface area contributed by atoms with Crippen molar-refractivity contribution in [2.45, 2.75) is 25.2 Å². The lowest BCUT2D eigenvalue weighted by atomic mass is 9.99. The first-order chi connectivity index (χ1) is 9.93. The molecule has 2 rings (SSSR count). The van der Waals surface area contributed by atoms with Crippen LogP contribution < -0.4 is 5.32 Å². The molecular formula is C14H17F4NO2. The Labute approximate surface area is 120 Å². The second kappa shape index (κ2) is 6.72. The Morgan fingerprint density at radius 3 is 2.62 bits per heavy atom. The first-order valence-corrected chi connectivity index (χ1v) is 6.73. The highest BCUT2D eigenvalue weighted by atomic mass is 19.4. The molecule has 0 bridgehead atoms. The first-order valence-electron chi connectivity index (χ1n) is 6.73. The van der Waals surface area contributed by atoms with E-state index in [2.05, 4.69) is 5.32 Å². The summed E-state index contributed by atoms with van der Waals surface area (Å²) in [4.78, 5) is 0. The summed E-state index contributed by atoms with van der Waals surface area (Å²) >= 11 is 0. The molecule has 21 heavy (non-hydrogen) atoms. The Bertz CT molecular complexity index is 473. The van der Waals surface area contributed by atoms with Crippen LogP contribution in [0.15, 0.2) is 18.2 Å². The molecular weight excluding hydrogens is 290 g/mol. The third-order valence-electron chi connectivity index (χ3n) is 3.30. The normalized spacial score (nSPS) is 21.3. The maximum Gasteiger partial charge on any atom is 0.419 e. The Hall–Kier alpha value is -1.18. The molecule has 1 aliphatic heterocycles. The van der Waals surface area contributed by atoms with Crippen LogP contribution >= 0.6 is 0 Å². The second-order valence-corrected chi connectivity index (χ2v) is 4.76. The molecule has 1 saturated heterocycles. The van der Waals surface area contributed by atoms with Gasteiger partial charge in [-0.1, -0.05) is 13.0 Å². The van der Waals surface area contributed by atoms with Crippen LogP contribution in [-0.4, -0.2) is 32.5 Å². The summed E-state index contributed by atoms with van der Waals surface area (Å²) in [6.07, 6.45) is -5.05. The summed E-state index contributed by atoms with van der Waals surface area (Å²) in [7, 11) is 0. The van der Waals surface area contributed by atoms with Crippen molar-refractivity contribution in [2.75, 3.05) is 26.4 Å². The van der Waals surface area contributed by atoms with Gasteiger partial charge in [0, 0.05) is 0 Å². The molecule has 1 aromatic carbocycles. The smallest absolute Gasteiger partial charge is 0.376 e. The molecule has 118 valence electrons. The van der Waals surface area contributed by atoms with Gasteiger partial charge in [0.25, 0.3) is 0 Å². The zero-order valence-corrected chi connectivity index (χ0v) is 11.5. The summed E-state index contributed by atoms with van der Waals surface area (Å²) in [6, 6.07) is 2.54. The zero-order valence-electron chi connectivity index (χ0n) is 11.5. The van der Waals surface area contributed by atoms with Crippen molar-refractivity contribution >= 4 is 0 Å². The number of nitrogens with one attached hydrogen (secondary N) is 1. The monoisotopic (exact) mass is 307 g/mol. The minimum absolute atomic E-state index is 0.320. The number of rotatable bonds is 4. The summed E-state index contributed by atoms with van der Waals surface area (Å²) in [5, 5.41) is 3.10. The number of alkyl halides is 3. The van der Waals surface area contributed by atoms with Gasteiger partial charge in [0.05, 0.1) is 31.4 Å². The standard InChI is InChI=1S/C14H17F4NO2/c1-2-19-13(12-8-20-5-6-21-12)9-3-4-10(11(15)7-9)14(16,17)18/h3-4,7,12-13,19H,2,5-6,8H2,1H3. The van der Waals surface area contributed by atoms with Gasteiger partial charge in [-0.2, -0.15) is 13.2 Å². The third kappa shape index (κ3) is 3.93. The molecule has 2 atom stereocenters. The van der Waals surface area contributed by atoms with E-state index < -0.39 is 23.6 Å². The number of likely N-dealkylation sites (N-methyl/N-ethyl adjacent to an activating group) is 1. The summed E-state index contributed by atoms with van der Waals surface area (Å²) in [5.41, 5.74) is -0.847. The quantitative estimate of drug-likeness (QED) is 0.868. The van der Waals surface area contributed by atoms with Crippen molar-refractivity contribution in [2.24, 2.45) is 0 Å². The Kier molecular flexibility index (Phi) is 5.18. The largest absolute Gasteiger partial charge is 0.419 e. The average Bonchev–Trinajstić information content (AvgIpc) is 2.44. The zero-order chi connectivity index (χ0) is 15.5. The lowest BCUT2D eigenvalue weighted by Crippen LogP contribution is -2.40. The van der Waals surface area contributed by atoms with Crippen molar-refractivity contribution in [1.82, 2.24) is 5.32 Å². The van der Waals surface area contributed by atoms with Crippen LogP contribution in [0.3, 0.4) is 0 Å². The highest BCUT2D eigenvalue weighted by Gasteiger charge is 2.35. The summed E-state index contributed by atoms with van der Waals surface area (Å²) < 4.78 is 62.3. The molecule has 2 unspecified atom stereocenters. The predicted molar refractivity (Wildman–Crippen MR) is 68.4 cm³/mol. The highest BCUT2D eigenvalue weighted by Crippen LogP contribution is 2.33. The van der Waals surface area contributed by atoms with Gasteiger partial charge in [-0.05, 0) is 24.2 Å². The fraction of sp³-hybridized carbons (Fsp3) is 0.571. The van der Waals surface area contributed by atoms with Gasteiger partial charge < -0.3 is 14.8 Å². The van der Waals surface area contributed by atoms with Gasteiger partial charge >= 0.3 is 6.18 Å². The van der Waals surface area contributed by atoms with E-state index in [4.69, 9.17) is 9.47 Å². The van der Waals surface area contributed by atoms with Crippen molar-refractivity contribution in [3.05, 3.63) is 35.1 Å². The number of halogens is 4. The molecule has 1 fully saturated rings. The van der Waals surface area contributed by atoms with Crippen molar-refractivity contribution in [1.29, 1.82) is 0 Å². The van der Waals surface area contributed by atoms with Crippen LogP contribution in [0.5, 0.6) is 0 Å². The fourth-order valence-corrected chi connectivity index (χ4v) is 2.34. The van der Waals surface area contributed by atoms with Gasteiger partial charge in [-0.3, -0.25) is 0 Å². The Balaban J connectivity index is 2.26. The molecule has 0 aliphatic carbocycles. The van der Waals surface area contributed by atoms with Crippen LogP contribution in [0.25, 0.3) is 0 Å². The highest BCUT2D eigenvalue weighted by molar-refractivity contribution is 5.29. The lowest BCUT2D eigenvalue weighted by molar-refractivity contribution is -0.140. The van der Waals surface area contributed by atoms with Crippen LogP contribution in [0.4, 0.5) is 17.6 Å². The molecule has 0 spiro atoms. The lowest BCUT2D eigenvalue weighted by Gasteiger charge is -2.31. The molecule has 0 saturated carbocycles. The Morgan fingerprint density at radius 2 is 2.10 bits per heavy atom. The molecule has 0 aromatic heterocycles. The van der Waals surface area contributed by atoms with E-state index in [0.29, 0.717) is 31.9 Å². The van der Waals surface area contributed by atoms with E-state index in [1.807, 2.05) is 6.92 Å². The SMILES string of the molecule is CCNC(c1ccc(C(F)(F)F)c(F)c1)C1COCCO1. The first kappa shape index (κ1) is 16.2. The number of hydrogen-bond acceptors (Lipinski definition) is 3. The predicted octanol–water partition coefficient (Wildman–Crippen LogP) is 2.91. The van der Waals surface area contributed by atoms with E-state index in [-0.39, 0.29) is 6.10 Å². The van der Waals surface area contributed by atoms with Crippen molar-refractivity contribution < 1.29 is 27.0 Å². The topological polar surface area (TPSA) is 30.5 Å². The van der Waals surface area contributed by atoms with Crippen LogP contribution in [0, 0.1) is 5.82 Å². The number of benzene rings is 1. The van der Waals surface area contributed by atoms with Gasteiger partial charge in [-0.25, -0.2) is 4.39 Å². The Morgan fingerprint density at radius 1 is 1.33 bits per heavy atom. The minimum atomic E-state index is -4.69. The van der Waals surface area contributed by atoms with E-state index in [1.165, 1.54) is 6.07 Å². The summed E-state index contributed by atoms with van der Waals surface area (Å²) in [5.74, 6) is -1.28. The number of hydrogen-bond donors (Lipinski definition) is 1. The molecule has 1 aliphatic rings. The van der Waals surface area contributed by atoms with Gasteiger partial charge in [0.1, 0.15) is 11.9 Å². The van der Waals surface area contributed by atoms with Gasteiger partial charge in [0.15, 0.2) is 0 Å². The molecule has 0 radical (unpaired) electrons. The molecule has 1 aromatic rings. The van der Waals surface area contributed by atoms with E-state index >= 15 is 0 Å². The van der Waals surface area contributed by atoms with Crippen LogP contribution in [0.2, 0.25) is 0 Å². The maximum atomic E-state index is 13.7. The van der Waals surface area contributed by atoms with Crippen LogP contribution in [0.1, 0.15) is 24.1 Å². The van der Waals surface area contributed by atoms with Gasteiger partial charge in [-0.15, -0.1) is 0 Å². The maximum absolute atomic E-state index is 13.7. The summed E-state index contributed by atoms with van der Waals surface area (Å²) in [6.45, 7) is 3.65. The van der Waals surface area contributed by atoms with Crippen molar-refractivity contribution in [3.63, 3.8) is 0 Å². The number of ether oxygens (including phenoxy) is 2. The van der Waals surface area contributed by atoms with Crippen LogP contribution in [-0.2, 0) is 15.7 Å². The van der Waals surface area contributed by atoms with Crippen molar-refractivity contribution in [3.8, 4) is 0 Å². The fourth-order valence-electron chi connectivity index (χ4n) is 2.34. The molecule has 1 N–H and O–H groups in total. The molecule has 1 heterocycles. The molecule has 0 amide bonds. The molecule has 7 heteroatoms. The minimum Gasteiger partial charge on any atom is -0.376 e. The average molecular weight is 307 g/mol. The van der Waals surface area contributed by atoms with E-state index in [0.717, 1.165) is 12.1 Å². The van der Waals surface area contributed by atoms with E-state index in [9.17, 15) is 17.6 Å². The molecule has 3 nitrogen and oxygen atoms in total. The van der Waals surface area contributed by atoms with Gasteiger partial charge in [0.2, 0.25) is 0 Å². The van der Waals surface area contributed by atoms with E-state index in [1.54, 1.807) is 0 Å².